The van der Waals surface area contributed by atoms with Crippen LogP contribution in [-0.2, 0) is 4.79 Å². The van der Waals surface area contributed by atoms with Crippen LogP contribution >= 0.6 is 11.3 Å². The number of aliphatic carboxylic acids is 1. The predicted molar refractivity (Wildman–Crippen MR) is 58.7 cm³/mol. The first-order valence-electron chi connectivity index (χ1n) is 4.51. The van der Waals surface area contributed by atoms with Gasteiger partial charge in [-0.3, -0.25) is 14.9 Å². The van der Waals surface area contributed by atoms with Gasteiger partial charge in [-0.1, -0.05) is 0 Å². The SMILES string of the molecule is CC(Nc1ncc([N+](=O)[O-])s1)C(C)C(=O)O. The molecule has 0 spiro atoms. The monoisotopic (exact) mass is 245 g/mol. The summed E-state index contributed by atoms with van der Waals surface area (Å²) in [5, 5.41) is 22.3. The van der Waals surface area contributed by atoms with Crippen molar-refractivity contribution in [2.75, 3.05) is 5.32 Å². The standard InChI is InChI=1S/C8H11N3O4S/c1-4(7(12)13)5(2)10-8-9-3-6(16-8)11(14)15/h3-5H,1-2H3,(H,9,10)(H,12,13). The van der Waals surface area contributed by atoms with Gasteiger partial charge in [-0.05, 0) is 25.2 Å². The highest BCUT2D eigenvalue weighted by molar-refractivity contribution is 7.18. The molecule has 16 heavy (non-hydrogen) atoms. The fraction of sp³-hybridized carbons (Fsp3) is 0.500. The molecule has 2 N–H and O–H groups in total. The normalized spacial score (nSPS) is 14.1. The second kappa shape index (κ2) is 4.88. The molecule has 0 radical (unpaired) electrons. The van der Waals surface area contributed by atoms with Gasteiger partial charge in [0.05, 0.1) is 10.8 Å². The smallest absolute Gasteiger partial charge is 0.345 e. The fourth-order valence-corrected chi connectivity index (χ4v) is 1.68. The van der Waals surface area contributed by atoms with Crippen LogP contribution in [0.5, 0.6) is 0 Å². The second-order valence-corrected chi connectivity index (χ2v) is 4.33. The van der Waals surface area contributed by atoms with Gasteiger partial charge in [0.2, 0.25) is 0 Å². The lowest BCUT2D eigenvalue weighted by Gasteiger charge is -2.16. The Balaban J connectivity index is 2.66. The summed E-state index contributed by atoms with van der Waals surface area (Å²) >= 11 is 0.884. The molecular formula is C8H11N3O4S. The Kier molecular flexibility index (Phi) is 3.78. The van der Waals surface area contributed by atoms with Crippen molar-refractivity contribution in [3.63, 3.8) is 0 Å². The molecule has 1 rings (SSSR count). The number of aromatic nitrogens is 1. The highest BCUT2D eigenvalue weighted by Gasteiger charge is 2.21. The summed E-state index contributed by atoms with van der Waals surface area (Å²) in [6.07, 6.45) is 1.14. The van der Waals surface area contributed by atoms with Gasteiger partial charge in [0.15, 0.2) is 5.13 Å². The Bertz CT molecular complexity index is 406. The lowest BCUT2D eigenvalue weighted by atomic mass is 10.1. The molecule has 2 atom stereocenters. The number of thiazole rings is 1. The molecule has 8 heteroatoms. The largest absolute Gasteiger partial charge is 0.481 e. The van der Waals surface area contributed by atoms with Crippen molar-refractivity contribution < 1.29 is 14.8 Å². The number of carbonyl (C=O) groups is 1. The summed E-state index contributed by atoms with van der Waals surface area (Å²) in [7, 11) is 0. The molecule has 7 nitrogen and oxygen atoms in total. The van der Waals surface area contributed by atoms with E-state index in [2.05, 4.69) is 10.3 Å². The van der Waals surface area contributed by atoms with E-state index in [1.807, 2.05) is 0 Å². The van der Waals surface area contributed by atoms with Gasteiger partial charge in [0.25, 0.3) is 0 Å². The zero-order valence-corrected chi connectivity index (χ0v) is 9.52. The fourth-order valence-electron chi connectivity index (χ4n) is 0.950. The first-order valence-corrected chi connectivity index (χ1v) is 5.33. The topological polar surface area (TPSA) is 105 Å². The summed E-state index contributed by atoms with van der Waals surface area (Å²) in [6.45, 7) is 3.24. The van der Waals surface area contributed by atoms with E-state index in [1.54, 1.807) is 13.8 Å². The maximum Gasteiger partial charge on any atom is 0.345 e. The van der Waals surface area contributed by atoms with Gasteiger partial charge in [0.1, 0.15) is 6.20 Å². The maximum atomic E-state index is 10.7. The number of hydrogen-bond acceptors (Lipinski definition) is 6. The van der Waals surface area contributed by atoms with Crippen molar-refractivity contribution in [3.8, 4) is 0 Å². The van der Waals surface area contributed by atoms with Gasteiger partial charge in [-0.2, -0.15) is 0 Å². The summed E-state index contributed by atoms with van der Waals surface area (Å²) in [5.41, 5.74) is 0. The van der Waals surface area contributed by atoms with Crippen molar-refractivity contribution in [2.24, 2.45) is 5.92 Å². The van der Waals surface area contributed by atoms with E-state index >= 15 is 0 Å². The second-order valence-electron chi connectivity index (χ2n) is 3.32. The third-order valence-corrected chi connectivity index (χ3v) is 3.04. The minimum Gasteiger partial charge on any atom is -0.481 e. The first kappa shape index (κ1) is 12.4. The van der Waals surface area contributed by atoms with E-state index in [4.69, 9.17) is 5.11 Å². The van der Waals surface area contributed by atoms with E-state index in [0.29, 0.717) is 5.13 Å². The van der Waals surface area contributed by atoms with Crippen LogP contribution < -0.4 is 5.32 Å². The van der Waals surface area contributed by atoms with E-state index < -0.39 is 16.8 Å². The van der Waals surface area contributed by atoms with E-state index in [1.165, 1.54) is 0 Å². The molecule has 0 aliphatic rings. The molecule has 2 unspecified atom stereocenters. The van der Waals surface area contributed by atoms with Crippen LogP contribution in [0.1, 0.15) is 13.8 Å². The molecule has 0 aliphatic carbocycles. The minimum absolute atomic E-state index is 0.0716. The number of anilines is 1. The highest BCUT2D eigenvalue weighted by atomic mass is 32.1. The van der Waals surface area contributed by atoms with Crippen molar-refractivity contribution in [2.45, 2.75) is 19.9 Å². The summed E-state index contributed by atoms with van der Waals surface area (Å²) in [5.74, 6) is -1.52. The summed E-state index contributed by atoms with van der Waals surface area (Å²) < 4.78 is 0. The Morgan fingerprint density at radius 3 is 2.75 bits per heavy atom. The first-order chi connectivity index (χ1) is 7.41. The van der Waals surface area contributed by atoms with Crippen molar-refractivity contribution >= 4 is 27.4 Å². The molecule has 0 bridgehead atoms. The quantitative estimate of drug-likeness (QED) is 0.602. The van der Waals surface area contributed by atoms with Crippen LogP contribution in [0, 0.1) is 16.0 Å². The molecule has 88 valence electrons. The maximum absolute atomic E-state index is 10.7. The zero-order valence-electron chi connectivity index (χ0n) is 8.71. The van der Waals surface area contributed by atoms with Crippen LogP contribution in [0.25, 0.3) is 0 Å². The Morgan fingerprint density at radius 1 is 1.69 bits per heavy atom. The van der Waals surface area contributed by atoms with Crippen LogP contribution in [0.3, 0.4) is 0 Å². The highest BCUT2D eigenvalue weighted by Crippen LogP contribution is 2.26. The lowest BCUT2D eigenvalue weighted by molar-refractivity contribution is -0.380. The molecule has 1 heterocycles. The van der Waals surface area contributed by atoms with Crippen LogP contribution in [0.2, 0.25) is 0 Å². The molecule has 0 aliphatic heterocycles. The summed E-state index contributed by atoms with van der Waals surface area (Å²) in [6, 6.07) is -0.344. The van der Waals surface area contributed by atoms with Gasteiger partial charge < -0.3 is 10.4 Å². The average Bonchev–Trinajstić information content (AvgIpc) is 2.64. The number of nitrogens with zero attached hydrogens (tertiary/aromatic N) is 2. The Labute approximate surface area is 95.3 Å². The predicted octanol–water partition coefficient (Wildman–Crippen LogP) is 1.57. The Hall–Kier alpha value is -1.70. The van der Waals surface area contributed by atoms with Gasteiger partial charge in [0, 0.05) is 6.04 Å². The van der Waals surface area contributed by atoms with Crippen LogP contribution in [0.15, 0.2) is 6.20 Å². The number of hydrogen-bond donors (Lipinski definition) is 2. The van der Waals surface area contributed by atoms with E-state index in [0.717, 1.165) is 17.5 Å². The van der Waals surface area contributed by atoms with E-state index in [-0.39, 0.29) is 11.0 Å². The number of carboxylic acid groups (broad SMARTS) is 1. The number of carboxylic acids is 1. The van der Waals surface area contributed by atoms with Gasteiger partial charge in [-0.15, -0.1) is 0 Å². The third-order valence-electron chi connectivity index (χ3n) is 2.16. The average molecular weight is 245 g/mol. The third kappa shape index (κ3) is 2.89. The zero-order chi connectivity index (χ0) is 12.3. The summed E-state index contributed by atoms with van der Waals surface area (Å²) in [4.78, 5) is 24.3. The van der Waals surface area contributed by atoms with Crippen molar-refractivity contribution in [3.05, 3.63) is 16.3 Å². The molecule has 0 saturated heterocycles. The number of nitro groups is 1. The molecule has 0 saturated carbocycles. The van der Waals surface area contributed by atoms with Crippen molar-refractivity contribution in [1.29, 1.82) is 0 Å². The van der Waals surface area contributed by atoms with Crippen molar-refractivity contribution in [1.82, 2.24) is 4.98 Å². The van der Waals surface area contributed by atoms with E-state index in [9.17, 15) is 14.9 Å². The van der Waals surface area contributed by atoms with Gasteiger partial charge in [-0.25, -0.2) is 4.98 Å². The van der Waals surface area contributed by atoms with Gasteiger partial charge >= 0.3 is 11.0 Å². The molecule has 1 aromatic rings. The molecular weight excluding hydrogens is 234 g/mol. The van der Waals surface area contributed by atoms with Crippen LogP contribution in [0.4, 0.5) is 10.1 Å². The number of rotatable bonds is 5. The van der Waals surface area contributed by atoms with Crippen LogP contribution in [-0.4, -0.2) is 27.0 Å². The molecule has 0 aromatic carbocycles. The number of nitrogens with one attached hydrogen (secondary N) is 1. The lowest BCUT2D eigenvalue weighted by Crippen LogP contribution is -2.29. The minimum atomic E-state index is -0.925. The molecule has 0 fully saturated rings. The molecule has 1 aromatic heterocycles. The Morgan fingerprint density at radius 2 is 2.31 bits per heavy atom. The molecule has 0 amide bonds.